The van der Waals surface area contributed by atoms with Crippen molar-refractivity contribution >= 4 is 32.8 Å². The van der Waals surface area contributed by atoms with Crippen molar-refractivity contribution in [3.05, 3.63) is 81.3 Å². The maximum Gasteiger partial charge on any atom is 0.417 e. The van der Waals surface area contributed by atoms with E-state index in [0.717, 1.165) is 28.3 Å². The standard InChI is InChI=1S/C21H11BrClF3O/c22-17-9-8-13-12-5-2-1-4-11(12)10-15(13)19(17)18-14(20(23)27)6-3-7-16(18)21(24,25)26/h1-9H,10H2. The van der Waals surface area contributed by atoms with Gasteiger partial charge in [0.1, 0.15) is 0 Å². The van der Waals surface area contributed by atoms with Crippen molar-refractivity contribution in [3.63, 3.8) is 0 Å². The first-order chi connectivity index (χ1) is 12.8. The van der Waals surface area contributed by atoms with Crippen LogP contribution in [0, 0.1) is 0 Å². The molecule has 0 amide bonds. The van der Waals surface area contributed by atoms with E-state index in [1.807, 2.05) is 30.3 Å². The van der Waals surface area contributed by atoms with E-state index in [1.165, 1.54) is 12.1 Å². The van der Waals surface area contributed by atoms with Crippen molar-refractivity contribution in [1.29, 1.82) is 0 Å². The number of carbonyl (C=O) groups excluding carboxylic acids is 1. The van der Waals surface area contributed by atoms with Crippen LogP contribution in [0.15, 0.2) is 59.1 Å². The molecular formula is C21H11BrClF3O. The van der Waals surface area contributed by atoms with Crippen LogP contribution in [0.5, 0.6) is 0 Å². The number of hydrogen-bond acceptors (Lipinski definition) is 1. The van der Waals surface area contributed by atoms with Crippen LogP contribution in [-0.4, -0.2) is 5.24 Å². The Bertz CT molecular complexity index is 1090. The topological polar surface area (TPSA) is 17.1 Å². The van der Waals surface area contributed by atoms with Crippen LogP contribution in [0.3, 0.4) is 0 Å². The quantitative estimate of drug-likeness (QED) is 0.297. The van der Waals surface area contributed by atoms with Gasteiger partial charge in [-0.15, -0.1) is 0 Å². The van der Waals surface area contributed by atoms with Crippen LogP contribution in [0.2, 0.25) is 0 Å². The highest BCUT2D eigenvalue weighted by atomic mass is 79.9. The Morgan fingerprint density at radius 1 is 0.926 bits per heavy atom. The van der Waals surface area contributed by atoms with E-state index in [9.17, 15) is 18.0 Å². The number of fused-ring (bicyclic) bond motifs is 3. The SMILES string of the molecule is O=C(Cl)c1cccc(C(F)(F)F)c1-c1c(Br)ccc2c1Cc1ccccc1-2. The summed E-state index contributed by atoms with van der Waals surface area (Å²) in [5.74, 6) is 0. The van der Waals surface area contributed by atoms with Gasteiger partial charge in [0, 0.05) is 21.2 Å². The fourth-order valence-corrected chi connectivity index (χ4v) is 4.40. The van der Waals surface area contributed by atoms with E-state index in [4.69, 9.17) is 11.6 Å². The highest BCUT2D eigenvalue weighted by Crippen LogP contribution is 2.48. The number of rotatable bonds is 2. The number of benzene rings is 3. The van der Waals surface area contributed by atoms with Gasteiger partial charge in [-0.2, -0.15) is 13.2 Å². The summed E-state index contributed by atoms with van der Waals surface area (Å²) in [6, 6.07) is 14.8. The molecule has 0 N–H and O–H groups in total. The van der Waals surface area contributed by atoms with Crippen molar-refractivity contribution in [1.82, 2.24) is 0 Å². The fraction of sp³-hybridized carbons (Fsp3) is 0.0952. The number of halogens is 5. The average Bonchev–Trinajstić information content (AvgIpc) is 2.98. The molecule has 0 saturated carbocycles. The molecule has 1 aliphatic rings. The Kier molecular flexibility index (Phi) is 4.40. The van der Waals surface area contributed by atoms with Gasteiger partial charge >= 0.3 is 6.18 Å². The molecule has 136 valence electrons. The molecule has 0 aliphatic heterocycles. The molecule has 0 atom stereocenters. The van der Waals surface area contributed by atoms with E-state index in [0.29, 0.717) is 16.5 Å². The van der Waals surface area contributed by atoms with Crippen LogP contribution < -0.4 is 0 Å². The average molecular weight is 452 g/mol. The van der Waals surface area contributed by atoms with Gasteiger partial charge in [0.25, 0.3) is 5.24 Å². The van der Waals surface area contributed by atoms with Crippen LogP contribution in [0.25, 0.3) is 22.3 Å². The highest BCUT2D eigenvalue weighted by molar-refractivity contribution is 9.10. The molecule has 0 spiro atoms. The maximum absolute atomic E-state index is 13.8. The first kappa shape index (κ1) is 18.3. The van der Waals surface area contributed by atoms with E-state index in [-0.39, 0.29) is 11.1 Å². The fourth-order valence-electron chi connectivity index (χ4n) is 3.67. The lowest BCUT2D eigenvalue weighted by atomic mass is 9.89. The van der Waals surface area contributed by atoms with Gasteiger partial charge in [0.15, 0.2) is 0 Å². The number of carbonyl (C=O) groups is 1. The van der Waals surface area contributed by atoms with Gasteiger partial charge in [-0.05, 0) is 58.5 Å². The molecule has 0 fully saturated rings. The minimum absolute atomic E-state index is 0.156. The zero-order valence-electron chi connectivity index (χ0n) is 13.7. The zero-order valence-corrected chi connectivity index (χ0v) is 16.0. The van der Waals surface area contributed by atoms with Crippen LogP contribution in [-0.2, 0) is 12.6 Å². The van der Waals surface area contributed by atoms with Crippen LogP contribution in [0.1, 0.15) is 27.0 Å². The van der Waals surface area contributed by atoms with E-state index in [2.05, 4.69) is 15.9 Å². The summed E-state index contributed by atoms with van der Waals surface area (Å²) in [6.07, 6.45) is -4.13. The molecule has 0 aromatic heterocycles. The molecule has 1 nitrogen and oxygen atoms in total. The second-order valence-electron chi connectivity index (χ2n) is 6.28. The summed E-state index contributed by atoms with van der Waals surface area (Å²) in [7, 11) is 0. The van der Waals surface area contributed by atoms with Crippen molar-refractivity contribution in [3.8, 4) is 22.3 Å². The molecule has 3 aromatic rings. The summed E-state index contributed by atoms with van der Waals surface area (Å²) >= 11 is 9.05. The van der Waals surface area contributed by atoms with Gasteiger partial charge in [-0.25, -0.2) is 0 Å². The highest BCUT2D eigenvalue weighted by Gasteiger charge is 2.37. The lowest BCUT2D eigenvalue weighted by molar-refractivity contribution is -0.137. The van der Waals surface area contributed by atoms with Crippen molar-refractivity contribution < 1.29 is 18.0 Å². The van der Waals surface area contributed by atoms with Gasteiger partial charge in [-0.1, -0.05) is 52.3 Å². The third kappa shape index (κ3) is 2.99. The molecule has 3 aromatic carbocycles. The van der Waals surface area contributed by atoms with Gasteiger partial charge < -0.3 is 0 Å². The monoisotopic (exact) mass is 450 g/mol. The minimum Gasteiger partial charge on any atom is -0.276 e. The Morgan fingerprint density at radius 3 is 2.37 bits per heavy atom. The third-order valence-electron chi connectivity index (χ3n) is 4.77. The van der Waals surface area contributed by atoms with Crippen molar-refractivity contribution in [2.45, 2.75) is 12.6 Å². The molecule has 0 saturated heterocycles. The lowest BCUT2D eigenvalue weighted by Crippen LogP contribution is -2.11. The van der Waals surface area contributed by atoms with E-state index < -0.39 is 17.0 Å². The third-order valence-corrected chi connectivity index (χ3v) is 5.63. The molecule has 1 aliphatic carbocycles. The van der Waals surface area contributed by atoms with Gasteiger partial charge in [0.05, 0.1) is 5.56 Å². The summed E-state index contributed by atoms with van der Waals surface area (Å²) < 4.78 is 41.8. The molecule has 27 heavy (non-hydrogen) atoms. The molecule has 0 bridgehead atoms. The summed E-state index contributed by atoms with van der Waals surface area (Å²) in [6.45, 7) is 0. The van der Waals surface area contributed by atoms with Gasteiger partial charge in [0.2, 0.25) is 0 Å². The summed E-state index contributed by atoms with van der Waals surface area (Å²) in [5, 5.41) is -0.920. The molecule has 0 radical (unpaired) electrons. The smallest absolute Gasteiger partial charge is 0.276 e. The Balaban J connectivity index is 2.09. The molecular weight excluding hydrogens is 441 g/mol. The summed E-state index contributed by atoms with van der Waals surface area (Å²) in [4.78, 5) is 11.9. The Morgan fingerprint density at radius 2 is 1.67 bits per heavy atom. The first-order valence-electron chi connectivity index (χ1n) is 8.09. The Labute approximate surface area is 166 Å². The van der Waals surface area contributed by atoms with Crippen molar-refractivity contribution in [2.75, 3.05) is 0 Å². The molecule has 0 unspecified atom stereocenters. The minimum atomic E-state index is -4.62. The Hall–Kier alpha value is -2.11. The second-order valence-corrected chi connectivity index (χ2v) is 7.48. The predicted octanol–water partition coefficient (Wildman–Crippen LogP) is 7.09. The normalized spacial score (nSPS) is 12.6. The number of hydrogen-bond donors (Lipinski definition) is 0. The largest absolute Gasteiger partial charge is 0.417 e. The van der Waals surface area contributed by atoms with E-state index in [1.54, 1.807) is 6.07 Å². The predicted molar refractivity (Wildman–Crippen MR) is 103 cm³/mol. The maximum atomic E-state index is 13.8. The van der Waals surface area contributed by atoms with Crippen molar-refractivity contribution in [2.24, 2.45) is 0 Å². The van der Waals surface area contributed by atoms with E-state index >= 15 is 0 Å². The van der Waals surface area contributed by atoms with Crippen LogP contribution in [0.4, 0.5) is 13.2 Å². The van der Waals surface area contributed by atoms with Gasteiger partial charge in [-0.3, -0.25) is 4.79 Å². The number of alkyl halides is 3. The summed E-state index contributed by atoms with van der Waals surface area (Å²) in [5.41, 5.74) is 2.80. The lowest BCUT2D eigenvalue weighted by Gasteiger charge is -2.19. The molecule has 4 rings (SSSR count). The second kappa shape index (κ2) is 6.50. The van der Waals surface area contributed by atoms with Crippen LogP contribution >= 0.6 is 27.5 Å². The molecule has 6 heteroatoms. The zero-order chi connectivity index (χ0) is 19.3. The molecule has 0 heterocycles. The first-order valence-corrected chi connectivity index (χ1v) is 9.26.